The van der Waals surface area contributed by atoms with Crippen LogP contribution >= 0.6 is 0 Å². The topological polar surface area (TPSA) is 60.0 Å². The fraction of sp³-hybridized carbons (Fsp3) is 0.208. The van der Waals surface area contributed by atoms with Gasteiger partial charge in [-0.05, 0) is 44.0 Å². The molecular weight excluding hydrogens is 372 g/mol. The van der Waals surface area contributed by atoms with Crippen molar-refractivity contribution in [2.24, 2.45) is 7.05 Å². The zero-order valence-corrected chi connectivity index (χ0v) is 17.6. The monoisotopic (exact) mass is 396 g/mol. The van der Waals surface area contributed by atoms with Crippen molar-refractivity contribution < 1.29 is 0 Å². The quantitative estimate of drug-likeness (QED) is 0.473. The molecule has 0 saturated heterocycles. The van der Waals surface area contributed by atoms with Gasteiger partial charge in [0.2, 0.25) is 0 Å². The summed E-state index contributed by atoms with van der Waals surface area (Å²) >= 11 is 0. The van der Waals surface area contributed by atoms with Crippen LogP contribution in [0.25, 0.3) is 27.7 Å². The van der Waals surface area contributed by atoms with E-state index in [-0.39, 0.29) is 0 Å². The van der Waals surface area contributed by atoms with Crippen LogP contribution in [0.1, 0.15) is 22.6 Å². The van der Waals surface area contributed by atoms with E-state index >= 15 is 0 Å². The lowest BCUT2D eigenvalue weighted by Gasteiger charge is -2.10. The molecule has 0 aliphatic carbocycles. The third-order valence-corrected chi connectivity index (χ3v) is 5.53. The molecule has 3 heterocycles. The van der Waals surface area contributed by atoms with Gasteiger partial charge in [0.1, 0.15) is 5.82 Å². The van der Waals surface area contributed by atoms with Gasteiger partial charge in [-0.15, -0.1) is 0 Å². The number of nitrogens with zero attached hydrogens (tertiary/aromatic N) is 5. The molecule has 0 saturated carbocycles. The van der Waals surface area contributed by atoms with Gasteiger partial charge in [0.25, 0.3) is 0 Å². The van der Waals surface area contributed by atoms with Gasteiger partial charge in [0.15, 0.2) is 5.65 Å². The van der Waals surface area contributed by atoms with Crippen LogP contribution in [0.4, 0.5) is 5.82 Å². The highest BCUT2D eigenvalue weighted by Crippen LogP contribution is 2.32. The Morgan fingerprint density at radius 2 is 1.70 bits per heavy atom. The Balaban J connectivity index is 1.62. The Morgan fingerprint density at radius 3 is 2.50 bits per heavy atom. The highest BCUT2D eigenvalue weighted by atomic mass is 15.3. The molecular formula is C24H24N6. The minimum Gasteiger partial charge on any atom is -0.366 e. The molecule has 150 valence electrons. The Labute approximate surface area is 175 Å². The first kappa shape index (κ1) is 18.4. The average Bonchev–Trinajstić information content (AvgIpc) is 3.22. The van der Waals surface area contributed by atoms with Crippen LogP contribution in [0.15, 0.2) is 54.6 Å². The van der Waals surface area contributed by atoms with Crippen molar-refractivity contribution in [2.75, 3.05) is 5.32 Å². The van der Waals surface area contributed by atoms with Crippen LogP contribution in [0.3, 0.4) is 0 Å². The maximum Gasteiger partial charge on any atom is 0.165 e. The fourth-order valence-electron chi connectivity index (χ4n) is 4.09. The highest BCUT2D eigenvalue weighted by Gasteiger charge is 2.17. The summed E-state index contributed by atoms with van der Waals surface area (Å²) in [5, 5.41) is 14.1. The molecule has 0 aliphatic rings. The normalized spacial score (nSPS) is 11.5. The van der Waals surface area contributed by atoms with E-state index in [1.807, 2.05) is 49.1 Å². The summed E-state index contributed by atoms with van der Waals surface area (Å²) in [7, 11) is 1.98. The van der Waals surface area contributed by atoms with Gasteiger partial charge >= 0.3 is 0 Å². The maximum absolute atomic E-state index is 4.84. The number of aryl methyl sites for hydroxylation is 4. The zero-order valence-electron chi connectivity index (χ0n) is 17.6. The molecule has 2 aromatic carbocycles. The van der Waals surface area contributed by atoms with Crippen LogP contribution < -0.4 is 5.32 Å². The van der Waals surface area contributed by atoms with E-state index in [1.165, 1.54) is 5.56 Å². The summed E-state index contributed by atoms with van der Waals surface area (Å²) in [5.41, 5.74) is 8.32. The number of nitrogens with one attached hydrogen (secondary N) is 1. The minimum absolute atomic E-state index is 0.731. The molecule has 0 fully saturated rings. The second kappa shape index (κ2) is 6.99. The number of rotatable bonds is 4. The van der Waals surface area contributed by atoms with Crippen molar-refractivity contribution >= 4 is 22.4 Å². The molecule has 0 unspecified atom stereocenters. The van der Waals surface area contributed by atoms with Crippen LogP contribution in [0.5, 0.6) is 0 Å². The van der Waals surface area contributed by atoms with Crippen LogP contribution in [0.2, 0.25) is 0 Å². The van der Waals surface area contributed by atoms with Gasteiger partial charge in [0.05, 0.1) is 16.9 Å². The number of aromatic nitrogens is 5. The van der Waals surface area contributed by atoms with Gasteiger partial charge in [-0.3, -0.25) is 4.68 Å². The largest absolute Gasteiger partial charge is 0.366 e. The van der Waals surface area contributed by atoms with Crippen molar-refractivity contribution in [3.63, 3.8) is 0 Å². The molecule has 0 amide bonds. The molecule has 6 nitrogen and oxygen atoms in total. The van der Waals surface area contributed by atoms with Crippen LogP contribution in [-0.2, 0) is 13.6 Å². The van der Waals surface area contributed by atoms with Crippen LogP contribution in [-0.4, -0.2) is 24.4 Å². The van der Waals surface area contributed by atoms with Gasteiger partial charge in [-0.25, -0.2) is 4.98 Å². The van der Waals surface area contributed by atoms with Crippen molar-refractivity contribution in [3.8, 4) is 11.1 Å². The van der Waals surface area contributed by atoms with E-state index in [9.17, 15) is 0 Å². The predicted octanol–water partition coefficient (Wildman–Crippen LogP) is 4.82. The number of hydrogen-bond donors (Lipinski definition) is 1. The summed E-state index contributed by atoms with van der Waals surface area (Å²) < 4.78 is 3.84. The molecule has 0 radical (unpaired) electrons. The smallest absolute Gasteiger partial charge is 0.165 e. The van der Waals surface area contributed by atoms with E-state index in [0.717, 1.165) is 57.1 Å². The third kappa shape index (κ3) is 3.01. The van der Waals surface area contributed by atoms with Gasteiger partial charge in [-0.2, -0.15) is 14.7 Å². The fourth-order valence-corrected chi connectivity index (χ4v) is 4.09. The van der Waals surface area contributed by atoms with Crippen molar-refractivity contribution in [3.05, 3.63) is 77.2 Å². The number of hydrogen-bond acceptors (Lipinski definition) is 4. The van der Waals surface area contributed by atoms with E-state index in [1.54, 1.807) is 0 Å². The Morgan fingerprint density at radius 1 is 0.900 bits per heavy atom. The maximum atomic E-state index is 4.84. The van der Waals surface area contributed by atoms with Gasteiger partial charge in [-0.1, -0.05) is 36.4 Å². The van der Waals surface area contributed by atoms with Crippen molar-refractivity contribution in [1.82, 2.24) is 24.4 Å². The van der Waals surface area contributed by atoms with Gasteiger partial charge < -0.3 is 5.32 Å². The molecule has 0 bridgehead atoms. The van der Waals surface area contributed by atoms with E-state index in [4.69, 9.17) is 10.1 Å². The average molecular weight is 396 g/mol. The summed E-state index contributed by atoms with van der Waals surface area (Å²) in [6.45, 7) is 6.84. The van der Waals surface area contributed by atoms with Gasteiger partial charge in [0, 0.05) is 36.3 Å². The first-order chi connectivity index (χ1) is 14.5. The first-order valence-corrected chi connectivity index (χ1v) is 10.1. The zero-order chi connectivity index (χ0) is 20.8. The molecule has 5 aromatic rings. The molecule has 3 aromatic heterocycles. The molecule has 5 rings (SSSR count). The first-order valence-electron chi connectivity index (χ1n) is 10.1. The minimum atomic E-state index is 0.731. The summed E-state index contributed by atoms with van der Waals surface area (Å²) in [6, 6.07) is 18.9. The lowest BCUT2D eigenvalue weighted by Crippen LogP contribution is -2.06. The standard InChI is InChI=1S/C24H24N6/c1-15-12-22(25-14-18-8-6-5-7-9-18)30-24(26-15)23(17(3)28-30)19-10-11-21-20(13-19)16(2)27-29(21)4/h5-13,25H,14H2,1-4H3. The number of benzene rings is 2. The molecule has 30 heavy (non-hydrogen) atoms. The molecule has 0 spiro atoms. The lowest BCUT2D eigenvalue weighted by atomic mass is 10.0. The van der Waals surface area contributed by atoms with Crippen LogP contribution in [0, 0.1) is 20.8 Å². The molecule has 0 aliphatic heterocycles. The van der Waals surface area contributed by atoms with E-state index < -0.39 is 0 Å². The van der Waals surface area contributed by atoms with E-state index in [2.05, 4.69) is 52.9 Å². The summed E-state index contributed by atoms with van der Waals surface area (Å²) in [5.74, 6) is 0.939. The Kier molecular flexibility index (Phi) is 4.28. The SMILES string of the molecule is Cc1cc(NCc2ccccc2)n2nc(C)c(-c3ccc4c(c3)c(C)nn4C)c2n1. The Bertz CT molecular complexity index is 1380. The molecule has 1 N–H and O–H groups in total. The second-order valence-electron chi connectivity index (χ2n) is 7.76. The third-order valence-electron chi connectivity index (χ3n) is 5.53. The number of fused-ring (bicyclic) bond motifs is 2. The number of anilines is 1. The molecule has 6 heteroatoms. The predicted molar refractivity (Wildman–Crippen MR) is 121 cm³/mol. The highest BCUT2D eigenvalue weighted by molar-refractivity contribution is 5.90. The van der Waals surface area contributed by atoms with E-state index in [0.29, 0.717) is 0 Å². The second-order valence-corrected chi connectivity index (χ2v) is 7.76. The summed E-state index contributed by atoms with van der Waals surface area (Å²) in [6.07, 6.45) is 0. The molecule has 0 atom stereocenters. The van der Waals surface area contributed by atoms with Crippen molar-refractivity contribution in [1.29, 1.82) is 0 Å². The summed E-state index contributed by atoms with van der Waals surface area (Å²) in [4.78, 5) is 4.84. The lowest BCUT2D eigenvalue weighted by molar-refractivity contribution is 0.783. The Hall–Kier alpha value is -3.67. The van der Waals surface area contributed by atoms with Crippen molar-refractivity contribution in [2.45, 2.75) is 27.3 Å².